The minimum Gasteiger partial charge on any atom is -0.508 e. The highest BCUT2D eigenvalue weighted by atomic mass is 35.5. The Kier molecular flexibility index (Phi) is 17.2. The van der Waals surface area contributed by atoms with E-state index in [1.165, 1.54) is 12.1 Å². The number of nitrogens with one attached hydrogen (secondary N) is 2. The van der Waals surface area contributed by atoms with Gasteiger partial charge in [0.15, 0.2) is 0 Å². The Morgan fingerprint density at radius 1 is 0.661 bits per heavy atom. The second-order valence-electron chi connectivity index (χ2n) is 13.1. The summed E-state index contributed by atoms with van der Waals surface area (Å²) in [6.45, 7) is 11.7. The van der Waals surface area contributed by atoms with Crippen LogP contribution in [0, 0.1) is 0 Å². The molecule has 3 N–H and O–H groups in total. The van der Waals surface area contributed by atoms with Crippen molar-refractivity contribution in [2.75, 3.05) is 13.2 Å². The summed E-state index contributed by atoms with van der Waals surface area (Å²) in [6.07, 6.45) is 0.687. The van der Waals surface area contributed by atoms with E-state index in [4.69, 9.17) is 9.47 Å². The van der Waals surface area contributed by atoms with Crippen molar-refractivity contribution in [3.63, 3.8) is 0 Å². The lowest BCUT2D eigenvalue weighted by Crippen LogP contribution is -2.53. The summed E-state index contributed by atoms with van der Waals surface area (Å²) in [4.78, 5) is 23.8. The van der Waals surface area contributed by atoms with Crippen molar-refractivity contribution in [3.8, 4) is 11.5 Å². The number of phenolic OH excluding ortho intramolecular Hbond substituents is 1. The van der Waals surface area contributed by atoms with E-state index in [-0.39, 0.29) is 48.7 Å². The Morgan fingerprint density at radius 3 is 1.37 bits per heavy atom. The number of hydrogen-bond acceptors (Lipinski definition) is 15. The summed E-state index contributed by atoms with van der Waals surface area (Å²) in [5, 5.41) is 16.0. The molecule has 2 atom stereocenters. The number of fused-ring (bicyclic) bond motifs is 2. The number of aromatic hydroxyl groups is 1. The van der Waals surface area contributed by atoms with Crippen LogP contribution in [0.5, 0.6) is 11.5 Å². The number of esters is 2. The highest BCUT2D eigenvalue weighted by Gasteiger charge is 2.57. The van der Waals surface area contributed by atoms with Crippen LogP contribution in [0.2, 0.25) is 0 Å². The van der Waals surface area contributed by atoms with Crippen molar-refractivity contribution in [2.24, 2.45) is 0 Å². The minimum atomic E-state index is -6.85. The van der Waals surface area contributed by atoms with Gasteiger partial charge in [-0.25, -0.2) is 0 Å². The number of rotatable bonds is 8. The zero-order valence-corrected chi connectivity index (χ0v) is 34.6. The van der Waals surface area contributed by atoms with Crippen molar-refractivity contribution in [2.45, 2.75) is 94.1 Å². The molecule has 0 radical (unpaired) electrons. The van der Waals surface area contributed by atoms with Gasteiger partial charge in [-0.15, -0.1) is 16.0 Å². The van der Waals surface area contributed by atoms with Gasteiger partial charge in [-0.3, -0.25) is 20.2 Å². The van der Waals surface area contributed by atoms with E-state index in [1.807, 2.05) is 23.5 Å². The fourth-order valence-corrected chi connectivity index (χ4v) is 7.48. The molecule has 0 amide bonds. The molecule has 0 aromatic heterocycles. The van der Waals surface area contributed by atoms with Gasteiger partial charge < -0.3 is 18.8 Å². The fraction of sp³-hybridized carbons (Fsp3) is 0.548. The van der Waals surface area contributed by atoms with E-state index in [1.54, 1.807) is 39.8 Å². The van der Waals surface area contributed by atoms with Crippen LogP contribution in [0.15, 0.2) is 36.4 Å². The molecule has 0 saturated heterocycles. The van der Waals surface area contributed by atoms with E-state index >= 15 is 0 Å². The third-order valence-electron chi connectivity index (χ3n) is 7.81. The number of alkyl halides is 9. The first-order valence-corrected chi connectivity index (χ1v) is 20.4. The molecule has 15 nitrogen and oxygen atoms in total. The van der Waals surface area contributed by atoms with Crippen LogP contribution in [-0.2, 0) is 77.0 Å². The van der Waals surface area contributed by atoms with E-state index in [9.17, 15) is 79.5 Å². The van der Waals surface area contributed by atoms with Crippen molar-refractivity contribution in [3.05, 3.63) is 58.7 Å². The van der Waals surface area contributed by atoms with Crippen LogP contribution < -0.4 is 14.8 Å². The van der Waals surface area contributed by atoms with Crippen LogP contribution in [0.1, 0.15) is 63.8 Å². The molecule has 4 rings (SSSR count). The van der Waals surface area contributed by atoms with Crippen molar-refractivity contribution in [1.82, 2.24) is 10.6 Å². The number of ether oxygens (including phenoxy) is 2. The second kappa shape index (κ2) is 19.0. The molecular formula is C31H38ClF9N2O13S3. The summed E-state index contributed by atoms with van der Waals surface area (Å²) in [7, 11) is -19.4. The number of halogens is 10. The van der Waals surface area contributed by atoms with Gasteiger partial charge in [-0.1, -0.05) is 12.1 Å². The predicted molar refractivity (Wildman–Crippen MR) is 189 cm³/mol. The lowest BCUT2D eigenvalue weighted by molar-refractivity contribution is -0.147. The molecule has 2 heterocycles. The molecule has 0 fully saturated rings. The monoisotopic (exact) mass is 948 g/mol. The molecule has 2 aromatic rings. The lowest BCUT2D eigenvalue weighted by Gasteiger charge is -2.38. The van der Waals surface area contributed by atoms with Gasteiger partial charge in [0, 0.05) is 11.1 Å². The first-order chi connectivity index (χ1) is 26.0. The normalized spacial score (nSPS) is 18.8. The number of phenols is 1. The van der Waals surface area contributed by atoms with Gasteiger partial charge in [0.2, 0.25) is 0 Å². The van der Waals surface area contributed by atoms with Crippen LogP contribution in [0.25, 0.3) is 0 Å². The maximum absolute atomic E-state index is 12.4. The van der Waals surface area contributed by atoms with Crippen LogP contribution in [-0.4, -0.2) is 84.1 Å². The molecule has 0 aliphatic carbocycles. The van der Waals surface area contributed by atoms with Gasteiger partial charge in [0.25, 0.3) is 0 Å². The van der Waals surface area contributed by atoms with Gasteiger partial charge in [0.1, 0.15) is 23.6 Å². The average Bonchev–Trinajstić information content (AvgIpc) is 3.02. The summed E-state index contributed by atoms with van der Waals surface area (Å²) in [5.74, 6) is -0.958. The zero-order chi connectivity index (χ0) is 45.1. The summed E-state index contributed by atoms with van der Waals surface area (Å²) < 4.78 is 184. The quantitative estimate of drug-likeness (QED) is 0.137. The molecule has 0 bridgehead atoms. The number of carbonyl (C=O) groups excluding carboxylic acids is 2. The largest absolute Gasteiger partial charge is 0.534 e. The van der Waals surface area contributed by atoms with Gasteiger partial charge in [0.05, 0.1) is 13.2 Å². The van der Waals surface area contributed by atoms with E-state index < -0.39 is 70.2 Å². The van der Waals surface area contributed by atoms with Crippen LogP contribution in [0.3, 0.4) is 0 Å². The van der Waals surface area contributed by atoms with Crippen molar-refractivity contribution < 1.29 is 96.7 Å². The minimum absolute atomic E-state index is 0. The Labute approximate surface area is 338 Å². The topological polar surface area (TPSA) is 218 Å². The molecule has 2 aromatic carbocycles. The van der Waals surface area contributed by atoms with Crippen LogP contribution in [0.4, 0.5) is 39.5 Å². The number of hydrogen-bond donors (Lipinski definition) is 3. The molecule has 0 spiro atoms. The Bertz CT molecular complexity index is 2120. The maximum atomic E-state index is 12.4. The number of carbonyl (C=O) groups is 2. The molecule has 0 saturated carbocycles. The second-order valence-corrected chi connectivity index (χ2v) is 17.9. The third kappa shape index (κ3) is 13.7. The summed E-state index contributed by atoms with van der Waals surface area (Å²) >= 11 is 0. The Morgan fingerprint density at radius 2 is 1.02 bits per heavy atom. The van der Waals surface area contributed by atoms with Crippen LogP contribution >= 0.6 is 12.4 Å². The van der Waals surface area contributed by atoms with Gasteiger partial charge in [-0.05, 0) is 101 Å². The van der Waals surface area contributed by atoms with Gasteiger partial charge >= 0.3 is 58.8 Å². The van der Waals surface area contributed by atoms with E-state index in [0.717, 1.165) is 22.8 Å². The predicted octanol–water partition coefficient (Wildman–Crippen LogP) is 5.06. The molecular weight excluding hydrogens is 911 g/mol. The fourth-order valence-electron chi connectivity index (χ4n) is 5.47. The average molecular weight is 949 g/mol. The molecule has 28 heteroatoms. The summed E-state index contributed by atoms with van der Waals surface area (Å²) in [5.41, 5.74) is -15.7. The molecule has 2 aliphatic rings. The molecule has 338 valence electrons. The van der Waals surface area contributed by atoms with E-state index in [2.05, 4.69) is 14.8 Å². The third-order valence-corrected chi connectivity index (χ3v) is 11.4. The molecule has 2 aliphatic heterocycles. The smallest absolute Gasteiger partial charge is 0.508 e. The Balaban J connectivity index is 0.000000456. The molecule has 2 unspecified atom stereocenters. The highest BCUT2D eigenvalue weighted by molar-refractivity contribution is 8.00. The number of benzene rings is 2. The first-order valence-electron chi connectivity index (χ1n) is 16.2. The standard InChI is InChI=1S/C15H18F3NO5S.C14H19NO3.C2F6O5S2.ClH/c1-4-23-13(20)12-8-9-7-10(24-25(21,22)15(16,17)18)5-6-11(9)14(2,3)19-12;1-4-18-13(17)12-8-9-7-10(16)5-6-11(9)14(2,3)15-12;3-1(4,5)14(9,10)13-15(11,12)2(6,7)8;/h5-7,12,19H,4,8H2,1-3H3;5-7,12,15-16H,4,8H2,1-3H3;;1H. The maximum Gasteiger partial charge on any atom is 0.534 e. The van der Waals surface area contributed by atoms with Crippen molar-refractivity contribution in [1.29, 1.82) is 0 Å². The SMILES string of the molecule is CCOC(=O)C1Cc2cc(O)ccc2C(C)(C)N1.CCOC(=O)C1Cc2cc(OS(=O)(=O)C(F)(F)F)ccc2C(C)(C)N1.Cl.O=S(=O)(OS(=O)(=O)C(F)(F)F)C(F)(F)F. The summed E-state index contributed by atoms with van der Waals surface area (Å²) in [6, 6.07) is 8.08. The lowest BCUT2D eigenvalue weighted by atomic mass is 9.82. The zero-order valence-electron chi connectivity index (χ0n) is 31.3. The highest BCUT2D eigenvalue weighted by Crippen LogP contribution is 2.36. The molecule has 59 heavy (non-hydrogen) atoms. The van der Waals surface area contributed by atoms with Crippen molar-refractivity contribution >= 4 is 54.7 Å². The van der Waals surface area contributed by atoms with E-state index in [0.29, 0.717) is 18.6 Å². The first kappa shape index (κ1) is 53.4. The van der Waals surface area contributed by atoms with Gasteiger partial charge in [-0.2, -0.15) is 64.8 Å². The Hall–Kier alpha value is -3.63.